The second-order valence-electron chi connectivity index (χ2n) is 9.48. The molecule has 1 heterocycles. The molecule has 3 rings (SSSR count). The minimum atomic E-state index is -3.94. The van der Waals surface area contributed by atoms with Crippen LogP contribution in [0.25, 0.3) is 0 Å². The van der Waals surface area contributed by atoms with Gasteiger partial charge in [0.1, 0.15) is 18.5 Å². The van der Waals surface area contributed by atoms with Gasteiger partial charge in [-0.3, -0.25) is 4.79 Å². The summed E-state index contributed by atoms with van der Waals surface area (Å²) >= 11 is 0. The third-order valence-electron chi connectivity index (χ3n) is 6.35. The Labute approximate surface area is 219 Å². The molecule has 0 spiro atoms. The lowest BCUT2D eigenvalue weighted by Gasteiger charge is -2.35. The van der Waals surface area contributed by atoms with Crippen LogP contribution >= 0.6 is 0 Å². The number of nitrogens with one attached hydrogen (secondary N) is 2. The van der Waals surface area contributed by atoms with Crippen molar-refractivity contribution in [1.29, 1.82) is 0 Å². The molecule has 0 saturated carbocycles. The predicted molar refractivity (Wildman–Crippen MR) is 141 cm³/mol. The zero-order chi connectivity index (χ0) is 26.7. The largest absolute Gasteiger partial charge is 0.461 e. The zero-order valence-corrected chi connectivity index (χ0v) is 22.3. The summed E-state index contributed by atoms with van der Waals surface area (Å²) in [6, 6.07) is 18.5. The average Bonchev–Trinajstić information content (AvgIpc) is 2.89. The zero-order valence-electron chi connectivity index (χ0n) is 21.5. The molecule has 1 fully saturated rings. The number of carbonyl (C=O) groups is 2. The van der Waals surface area contributed by atoms with E-state index in [-0.39, 0.29) is 25.8 Å². The minimum absolute atomic E-state index is 0.0417. The Morgan fingerprint density at radius 2 is 1.46 bits per heavy atom. The Kier molecular flexibility index (Phi) is 10.9. The van der Waals surface area contributed by atoms with Crippen LogP contribution in [0, 0.1) is 0 Å². The molecule has 10 heteroatoms. The number of sulfonamides is 1. The number of nitrogens with zero attached hydrogens (tertiary/aromatic N) is 1. The van der Waals surface area contributed by atoms with Crippen molar-refractivity contribution in [3.63, 3.8) is 0 Å². The van der Waals surface area contributed by atoms with E-state index in [9.17, 15) is 18.0 Å². The average molecular weight is 532 g/mol. The molecule has 2 N–H and O–H groups in total. The van der Waals surface area contributed by atoms with Gasteiger partial charge in [0, 0.05) is 18.6 Å². The molecule has 2 aromatic carbocycles. The number of rotatable bonds is 12. The number of likely N-dealkylation sites (tertiary alicyclic amines) is 1. The summed E-state index contributed by atoms with van der Waals surface area (Å²) in [5, 5.41) is 1.30. The SMILES string of the molecule is CC(C)N1CCC(NS(=O)(=O)C(CNC(=O)OCc2ccccc2)CC(=O)OCc2ccccc2)CC1. The first-order valence-corrected chi connectivity index (χ1v) is 14.2. The number of benzene rings is 2. The maximum absolute atomic E-state index is 13.3. The monoisotopic (exact) mass is 531 g/mol. The van der Waals surface area contributed by atoms with Crippen LogP contribution in [-0.2, 0) is 37.5 Å². The van der Waals surface area contributed by atoms with Crippen molar-refractivity contribution in [2.24, 2.45) is 0 Å². The molecule has 9 nitrogen and oxygen atoms in total. The fourth-order valence-electron chi connectivity index (χ4n) is 4.11. The highest BCUT2D eigenvalue weighted by atomic mass is 32.2. The lowest BCUT2D eigenvalue weighted by molar-refractivity contribution is -0.145. The van der Waals surface area contributed by atoms with Gasteiger partial charge in [-0.15, -0.1) is 0 Å². The molecule has 202 valence electrons. The molecule has 1 unspecified atom stereocenters. The molecule has 0 bridgehead atoms. The van der Waals surface area contributed by atoms with E-state index in [0.29, 0.717) is 18.9 Å². The number of amides is 1. The van der Waals surface area contributed by atoms with Crippen LogP contribution in [0.3, 0.4) is 0 Å². The van der Waals surface area contributed by atoms with Crippen molar-refractivity contribution in [3.05, 3.63) is 71.8 Å². The first-order valence-electron chi connectivity index (χ1n) is 12.6. The Morgan fingerprint density at radius 1 is 0.919 bits per heavy atom. The lowest BCUT2D eigenvalue weighted by Crippen LogP contribution is -2.51. The summed E-state index contributed by atoms with van der Waals surface area (Å²) in [4.78, 5) is 27.1. The lowest BCUT2D eigenvalue weighted by atomic mass is 10.1. The topological polar surface area (TPSA) is 114 Å². The van der Waals surface area contributed by atoms with Crippen molar-refractivity contribution in [3.8, 4) is 0 Å². The second kappa shape index (κ2) is 14.1. The van der Waals surface area contributed by atoms with E-state index in [1.807, 2.05) is 60.7 Å². The fraction of sp³-hybridized carbons (Fsp3) is 0.481. The summed E-state index contributed by atoms with van der Waals surface area (Å²) in [5.74, 6) is -0.659. The van der Waals surface area contributed by atoms with Crippen molar-refractivity contribution in [1.82, 2.24) is 14.9 Å². The van der Waals surface area contributed by atoms with Gasteiger partial charge in [-0.05, 0) is 50.9 Å². The normalized spacial score (nSPS) is 15.8. The minimum Gasteiger partial charge on any atom is -0.461 e. The number of hydrogen-bond acceptors (Lipinski definition) is 7. The Bertz CT molecular complexity index is 1090. The van der Waals surface area contributed by atoms with Gasteiger partial charge in [0.15, 0.2) is 0 Å². The van der Waals surface area contributed by atoms with Gasteiger partial charge in [-0.1, -0.05) is 60.7 Å². The summed E-state index contributed by atoms with van der Waals surface area (Å²) in [7, 11) is -3.94. The summed E-state index contributed by atoms with van der Waals surface area (Å²) in [6.45, 7) is 5.62. The molecule has 1 amide bonds. The number of alkyl carbamates (subject to hydrolysis) is 1. The molecule has 1 saturated heterocycles. The van der Waals surface area contributed by atoms with Crippen LogP contribution < -0.4 is 10.0 Å². The van der Waals surface area contributed by atoms with E-state index in [4.69, 9.17) is 9.47 Å². The van der Waals surface area contributed by atoms with Gasteiger partial charge < -0.3 is 19.7 Å². The van der Waals surface area contributed by atoms with E-state index in [2.05, 4.69) is 28.8 Å². The summed E-state index contributed by atoms with van der Waals surface area (Å²) < 4.78 is 39.9. The van der Waals surface area contributed by atoms with Gasteiger partial charge in [0.2, 0.25) is 10.0 Å². The van der Waals surface area contributed by atoms with E-state index in [1.54, 1.807) is 0 Å². The summed E-state index contributed by atoms with van der Waals surface area (Å²) in [5.41, 5.74) is 1.61. The second-order valence-corrected chi connectivity index (χ2v) is 11.5. The summed E-state index contributed by atoms with van der Waals surface area (Å²) in [6.07, 6.45) is 0.197. The van der Waals surface area contributed by atoms with Crippen molar-refractivity contribution in [2.75, 3.05) is 19.6 Å². The molecular weight excluding hydrogens is 494 g/mol. The van der Waals surface area contributed by atoms with Gasteiger partial charge in [-0.25, -0.2) is 17.9 Å². The van der Waals surface area contributed by atoms with E-state index in [0.717, 1.165) is 24.2 Å². The van der Waals surface area contributed by atoms with Crippen molar-refractivity contribution in [2.45, 2.75) is 63.7 Å². The Balaban J connectivity index is 1.59. The number of ether oxygens (including phenoxy) is 2. The van der Waals surface area contributed by atoms with E-state index >= 15 is 0 Å². The predicted octanol–water partition coefficient (Wildman–Crippen LogP) is 3.21. The van der Waals surface area contributed by atoms with E-state index < -0.39 is 33.8 Å². The first kappa shape index (κ1) is 28.6. The quantitative estimate of drug-likeness (QED) is 0.404. The van der Waals surface area contributed by atoms with Gasteiger partial charge in [0.25, 0.3) is 0 Å². The van der Waals surface area contributed by atoms with Crippen LogP contribution in [-0.4, -0.2) is 62.3 Å². The Morgan fingerprint density at radius 3 is 2.00 bits per heavy atom. The molecule has 1 atom stereocenters. The maximum Gasteiger partial charge on any atom is 0.407 e. The van der Waals surface area contributed by atoms with Crippen molar-refractivity contribution < 1.29 is 27.5 Å². The fourth-order valence-corrected chi connectivity index (χ4v) is 5.66. The molecule has 37 heavy (non-hydrogen) atoms. The molecule has 0 radical (unpaired) electrons. The molecule has 1 aliphatic rings. The highest BCUT2D eigenvalue weighted by molar-refractivity contribution is 7.90. The number of esters is 1. The Hall–Kier alpha value is -2.95. The van der Waals surface area contributed by atoms with Gasteiger partial charge in [0.05, 0.1) is 6.42 Å². The molecule has 2 aromatic rings. The van der Waals surface area contributed by atoms with E-state index in [1.165, 1.54) is 0 Å². The van der Waals surface area contributed by atoms with Crippen LogP contribution in [0.4, 0.5) is 4.79 Å². The first-order chi connectivity index (χ1) is 17.7. The van der Waals surface area contributed by atoms with Gasteiger partial charge in [-0.2, -0.15) is 0 Å². The number of hydrogen-bond donors (Lipinski definition) is 2. The van der Waals surface area contributed by atoms with Crippen LogP contribution in [0.1, 0.15) is 44.2 Å². The molecule has 0 aromatic heterocycles. The molecule has 0 aliphatic carbocycles. The van der Waals surface area contributed by atoms with Crippen LogP contribution in [0.15, 0.2) is 60.7 Å². The molecule has 1 aliphatic heterocycles. The number of carbonyl (C=O) groups excluding carboxylic acids is 2. The van der Waals surface area contributed by atoms with Gasteiger partial charge >= 0.3 is 12.1 Å². The standard InChI is InChI=1S/C27H37N3O6S/c1-21(2)30-15-13-24(14-16-30)29-37(33,34)25(17-26(31)35-19-22-9-5-3-6-10-22)18-28-27(32)36-20-23-11-7-4-8-12-23/h3-12,21,24-25,29H,13-20H2,1-2H3,(H,28,32). The van der Waals surface area contributed by atoms with Crippen LogP contribution in [0.5, 0.6) is 0 Å². The third-order valence-corrected chi connectivity index (χ3v) is 8.23. The smallest absolute Gasteiger partial charge is 0.407 e. The highest BCUT2D eigenvalue weighted by Gasteiger charge is 2.33. The third kappa shape index (κ3) is 9.79. The number of piperidine rings is 1. The maximum atomic E-state index is 13.3. The highest BCUT2D eigenvalue weighted by Crippen LogP contribution is 2.16. The van der Waals surface area contributed by atoms with Crippen LogP contribution in [0.2, 0.25) is 0 Å². The van der Waals surface area contributed by atoms with Crippen molar-refractivity contribution >= 4 is 22.1 Å². The molecular formula is C27H37N3O6S.